The Morgan fingerprint density at radius 3 is 2.89 bits per heavy atom. The molecule has 3 aromatic rings. The molecule has 0 aliphatic heterocycles. The molecule has 6 heteroatoms. The van der Waals surface area contributed by atoms with Crippen molar-refractivity contribution in [1.82, 2.24) is 9.97 Å². The zero-order chi connectivity index (χ0) is 19.4. The molecule has 0 unspecified atom stereocenters. The van der Waals surface area contributed by atoms with Crippen molar-refractivity contribution >= 4 is 38.6 Å². The smallest absolute Gasteiger partial charge is 0.175 e. The summed E-state index contributed by atoms with van der Waals surface area (Å²) in [5.41, 5.74) is 4.07. The van der Waals surface area contributed by atoms with Gasteiger partial charge in [-0.15, -0.1) is 0 Å². The third kappa shape index (κ3) is 4.04. The molecule has 0 aliphatic carbocycles. The lowest BCUT2D eigenvalue weighted by Gasteiger charge is -2.12. The van der Waals surface area contributed by atoms with Crippen molar-refractivity contribution in [2.45, 2.75) is 6.92 Å². The van der Waals surface area contributed by atoms with Gasteiger partial charge in [-0.25, -0.2) is 4.98 Å². The summed E-state index contributed by atoms with van der Waals surface area (Å²) in [5, 5.41) is 9.63. The van der Waals surface area contributed by atoms with Gasteiger partial charge in [0.15, 0.2) is 11.5 Å². The van der Waals surface area contributed by atoms with Crippen molar-refractivity contribution in [2.24, 2.45) is 0 Å². The van der Waals surface area contributed by atoms with Gasteiger partial charge < -0.3 is 14.5 Å². The Balaban J connectivity index is 2.03. The normalized spacial score (nSPS) is 11.3. The van der Waals surface area contributed by atoms with Crippen LogP contribution in [0, 0.1) is 18.3 Å². The Morgan fingerprint density at radius 2 is 2.19 bits per heavy atom. The SMILES string of the molecule is C=CCOc1c(Br)cc(/C=C(/C#N)c2nc3ccc(C)cc3[nH]2)cc1OC. The Bertz CT molecular complexity index is 1080. The molecule has 1 N–H and O–H groups in total. The van der Waals surface area contributed by atoms with Gasteiger partial charge in [0.2, 0.25) is 0 Å². The highest BCUT2D eigenvalue weighted by Gasteiger charge is 2.13. The number of nitrogens with zero attached hydrogens (tertiary/aromatic N) is 2. The first kappa shape index (κ1) is 18.7. The maximum absolute atomic E-state index is 9.63. The predicted octanol–water partition coefficient (Wildman–Crippen LogP) is 5.27. The predicted molar refractivity (Wildman–Crippen MR) is 111 cm³/mol. The molecular weight excluding hydrogens is 406 g/mol. The van der Waals surface area contributed by atoms with Gasteiger partial charge in [-0.1, -0.05) is 18.7 Å². The molecule has 2 aromatic carbocycles. The van der Waals surface area contributed by atoms with Crippen molar-refractivity contribution in [3.63, 3.8) is 0 Å². The molecule has 0 bridgehead atoms. The number of rotatable bonds is 6. The van der Waals surface area contributed by atoms with Crippen molar-refractivity contribution < 1.29 is 9.47 Å². The number of nitrogens with one attached hydrogen (secondary N) is 1. The van der Waals surface area contributed by atoms with E-state index in [4.69, 9.17) is 9.47 Å². The number of aromatic amines is 1. The summed E-state index contributed by atoms with van der Waals surface area (Å²) in [6, 6.07) is 11.8. The van der Waals surface area contributed by atoms with Gasteiger partial charge in [0.05, 0.1) is 28.2 Å². The Hall–Kier alpha value is -3.04. The van der Waals surface area contributed by atoms with E-state index in [2.05, 4.69) is 38.5 Å². The first-order chi connectivity index (χ1) is 13.0. The fraction of sp³-hybridized carbons (Fsp3) is 0.143. The third-order valence-corrected chi connectivity index (χ3v) is 4.51. The van der Waals surface area contributed by atoms with E-state index in [1.807, 2.05) is 37.3 Å². The second-order valence-electron chi connectivity index (χ2n) is 5.91. The molecule has 0 atom stereocenters. The molecule has 1 heterocycles. The fourth-order valence-electron chi connectivity index (χ4n) is 2.68. The number of allylic oxidation sites excluding steroid dienone is 1. The molecule has 5 nitrogen and oxygen atoms in total. The van der Waals surface area contributed by atoms with Crippen LogP contribution in [0.15, 0.2) is 47.5 Å². The molecular formula is C21H18BrN3O2. The maximum atomic E-state index is 9.63. The number of nitriles is 1. The van der Waals surface area contributed by atoms with Crippen LogP contribution in [0.25, 0.3) is 22.7 Å². The summed E-state index contributed by atoms with van der Waals surface area (Å²) in [6.45, 7) is 6.03. The Kier molecular flexibility index (Phi) is 5.63. The standard InChI is InChI=1S/C21H18BrN3O2/c1-4-7-27-20-16(22)10-14(11-19(20)26-3)9-15(12-23)21-24-17-6-5-13(2)8-18(17)25-21/h4-6,8-11H,1,7H2,2-3H3,(H,24,25)/b15-9-. The molecule has 3 rings (SSSR count). The highest BCUT2D eigenvalue weighted by molar-refractivity contribution is 9.10. The average Bonchev–Trinajstić information content (AvgIpc) is 3.07. The topological polar surface area (TPSA) is 70.9 Å². The number of ether oxygens (including phenoxy) is 2. The zero-order valence-electron chi connectivity index (χ0n) is 15.0. The van der Waals surface area contributed by atoms with E-state index in [0.717, 1.165) is 26.6 Å². The van der Waals surface area contributed by atoms with E-state index in [9.17, 15) is 5.26 Å². The number of methoxy groups -OCH3 is 1. The minimum absolute atomic E-state index is 0.367. The van der Waals surface area contributed by atoms with Gasteiger partial charge >= 0.3 is 0 Å². The van der Waals surface area contributed by atoms with E-state index in [-0.39, 0.29) is 0 Å². The Labute approximate surface area is 166 Å². The number of benzene rings is 2. The number of halogens is 1. The van der Waals surface area contributed by atoms with Crippen molar-refractivity contribution in [3.8, 4) is 17.6 Å². The first-order valence-corrected chi connectivity index (χ1v) is 9.04. The van der Waals surface area contributed by atoms with Gasteiger partial charge in [0.25, 0.3) is 0 Å². The maximum Gasteiger partial charge on any atom is 0.175 e. The largest absolute Gasteiger partial charge is 0.493 e. The molecule has 0 aliphatic rings. The zero-order valence-corrected chi connectivity index (χ0v) is 16.6. The average molecular weight is 424 g/mol. The number of aromatic nitrogens is 2. The molecule has 1 aromatic heterocycles. The van der Waals surface area contributed by atoms with Crippen molar-refractivity contribution in [3.05, 3.63) is 64.4 Å². The number of fused-ring (bicyclic) bond motifs is 1. The van der Waals surface area contributed by atoms with Gasteiger partial charge in [-0.3, -0.25) is 0 Å². The third-order valence-electron chi connectivity index (χ3n) is 3.92. The summed E-state index contributed by atoms with van der Waals surface area (Å²) < 4.78 is 11.8. The first-order valence-electron chi connectivity index (χ1n) is 8.25. The highest BCUT2D eigenvalue weighted by atomic mass is 79.9. The van der Waals surface area contributed by atoms with Crippen LogP contribution in [0.3, 0.4) is 0 Å². The molecule has 0 saturated carbocycles. The molecule has 0 radical (unpaired) electrons. The molecule has 136 valence electrons. The van der Waals surface area contributed by atoms with Crippen LogP contribution in [-0.2, 0) is 0 Å². The van der Waals surface area contributed by atoms with Gasteiger partial charge in [-0.2, -0.15) is 5.26 Å². The summed E-state index contributed by atoms with van der Waals surface area (Å²) in [6.07, 6.45) is 3.42. The summed E-state index contributed by atoms with van der Waals surface area (Å²) in [4.78, 5) is 7.73. The van der Waals surface area contributed by atoms with Crippen LogP contribution < -0.4 is 9.47 Å². The summed E-state index contributed by atoms with van der Waals surface area (Å²) >= 11 is 3.50. The van der Waals surface area contributed by atoms with Gasteiger partial charge in [-0.05, 0) is 64.3 Å². The quantitative estimate of drug-likeness (QED) is 0.432. The lowest BCUT2D eigenvalue weighted by molar-refractivity contribution is 0.324. The van der Waals surface area contributed by atoms with Gasteiger partial charge in [0, 0.05) is 0 Å². The molecule has 0 amide bonds. The van der Waals surface area contributed by atoms with Gasteiger partial charge in [0.1, 0.15) is 18.5 Å². The van der Waals surface area contributed by atoms with Crippen molar-refractivity contribution in [1.29, 1.82) is 5.26 Å². The lowest BCUT2D eigenvalue weighted by atomic mass is 10.1. The lowest BCUT2D eigenvalue weighted by Crippen LogP contribution is -1.98. The highest BCUT2D eigenvalue weighted by Crippen LogP contribution is 2.37. The van der Waals surface area contributed by atoms with E-state index >= 15 is 0 Å². The molecule has 27 heavy (non-hydrogen) atoms. The molecule has 0 fully saturated rings. The van der Waals surface area contributed by atoms with Crippen LogP contribution >= 0.6 is 15.9 Å². The second-order valence-corrected chi connectivity index (χ2v) is 6.76. The second kappa shape index (κ2) is 8.11. The summed E-state index contributed by atoms with van der Waals surface area (Å²) in [7, 11) is 1.57. The number of hydrogen-bond acceptors (Lipinski definition) is 4. The number of aryl methyl sites for hydroxylation is 1. The fourth-order valence-corrected chi connectivity index (χ4v) is 3.25. The summed E-state index contributed by atoms with van der Waals surface area (Å²) in [5.74, 6) is 1.68. The van der Waals surface area contributed by atoms with E-state index < -0.39 is 0 Å². The van der Waals surface area contributed by atoms with Crippen LogP contribution in [-0.4, -0.2) is 23.7 Å². The molecule has 0 saturated heterocycles. The van der Waals surface area contributed by atoms with E-state index in [1.54, 1.807) is 19.3 Å². The van der Waals surface area contributed by atoms with Crippen LogP contribution in [0.1, 0.15) is 17.0 Å². The minimum atomic E-state index is 0.367. The van der Waals surface area contributed by atoms with Crippen LogP contribution in [0.2, 0.25) is 0 Å². The Morgan fingerprint density at radius 1 is 1.37 bits per heavy atom. The minimum Gasteiger partial charge on any atom is -0.493 e. The number of imidazole rings is 1. The monoisotopic (exact) mass is 423 g/mol. The van der Waals surface area contributed by atoms with Crippen LogP contribution in [0.4, 0.5) is 0 Å². The van der Waals surface area contributed by atoms with E-state index in [1.165, 1.54) is 0 Å². The van der Waals surface area contributed by atoms with Crippen molar-refractivity contribution in [2.75, 3.05) is 13.7 Å². The van der Waals surface area contributed by atoms with Crippen LogP contribution in [0.5, 0.6) is 11.5 Å². The number of hydrogen-bond donors (Lipinski definition) is 1. The number of H-pyrrole nitrogens is 1. The molecule has 0 spiro atoms. The van der Waals surface area contributed by atoms with E-state index in [0.29, 0.717) is 29.5 Å².